The fourth-order valence-corrected chi connectivity index (χ4v) is 5.23. The van der Waals surface area contributed by atoms with E-state index in [4.69, 9.17) is 4.74 Å². The molecule has 34 heavy (non-hydrogen) atoms. The second kappa shape index (κ2) is 11.4. The van der Waals surface area contributed by atoms with Crippen LogP contribution >= 0.6 is 11.3 Å². The molecule has 1 unspecified atom stereocenters. The van der Waals surface area contributed by atoms with E-state index in [-0.39, 0.29) is 24.3 Å². The smallest absolute Gasteiger partial charge is 0.237 e. The van der Waals surface area contributed by atoms with Crippen molar-refractivity contribution in [2.75, 3.05) is 0 Å². The van der Waals surface area contributed by atoms with Gasteiger partial charge in [0.25, 0.3) is 0 Å². The predicted molar refractivity (Wildman–Crippen MR) is 129 cm³/mol. The highest BCUT2D eigenvalue weighted by Crippen LogP contribution is 2.37. The first kappa shape index (κ1) is 24.2. The zero-order valence-electron chi connectivity index (χ0n) is 18.9. The second-order valence-electron chi connectivity index (χ2n) is 8.62. The van der Waals surface area contributed by atoms with Gasteiger partial charge in [-0.2, -0.15) is 9.67 Å². The molecule has 4 aromatic rings. The first-order chi connectivity index (χ1) is 16.3. The number of nitrogens with zero attached hydrogens (tertiary/aromatic N) is 2. The van der Waals surface area contributed by atoms with Crippen LogP contribution in [-0.4, -0.2) is 16.0 Å². The minimum absolute atomic E-state index is 0. The normalized spacial score (nSPS) is 14.8. The molecule has 1 aliphatic carbocycles. The lowest BCUT2D eigenvalue weighted by molar-refractivity contribution is -0.682. The molecule has 1 saturated carbocycles. The highest BCUT2D eigenvalue weighted by atomic mass is 35.5. The molecule has 1 fully saturated rings. The average molecular weight is 494 g/mol. The van der Waals surface area contributed by atoms with E-state index in [2.05, 4.69) is 16.3 Å². The fraction of sp³-hybridized carbons (Fsp3) is 0.296. The highest BCUT2D eigenvalue weighted by molar-refractivity contribution is 7.12. The minimum atomic E-state index is -0.0751. The van der Waals surface area contributed by atoms with Gasteiger partial charge in [-0.1, -0.05) is 43.5 Å². The Morgan fingerprint density at radius 3 is 2.68 bits per heavy atom. The van der Waals surface area contributed by atoms with E-state index in [1.807, 2.05) is 76.9 Å². The summed E-state index contributed by atoms with van der Waals surface area (Å²) in [5.74, 6) is 1.45. The lowest BCUT2D eigenvalue weighted by atomic mass is 9.84. The number of ether oxygens (including phenoxy) is 1. The number of aromatic nitrogens is 3. The molecule has 5 rings (SSSR count). The van der Waals surface area contributed by atoms with E-state index in [0.29, 0.717) is 12.5 Å². The van der Waals surface area contributed by atoms with E-state index >= 15 is 0 Å². The summed E-state index contributed by atoms with van der Waals surface area (Å²) in [7, 11) is 0. The summed E-state index contributed by atoms with van der Waals surface area (Å²) in [5, 5.41) is 9.81. The predicted octanol–water partition coefficient (Wildman–Crippen LogP) is 3.01. The SMILES string of the molecule is O=C(C[n+]1cccc(-c2cc(C(Oc3ccccc3)C3CCCCC3)n[nH]2)c1)c1cccs1.[Cl-]. The van der Waals surface area contributed by atoms with Crippen LogP contribution in [0.5, 0.6) is 5.75 Å². The van der Waals surface area contributed by atoms with Crippen LogP contribution in [0.4, 0.5) is 0 Å². The molecule has 1 aliphatic rings. The van der Waals surface area contributed by atoms with Gasteiger partial charge in [0.15, 0.2) is 12.4 Å². The van der Waals surface area contributed by atoms with Crippen molar-refractivity contribution >= 4 is 17.1 Å². The van der Waals surface area contributed by atoms with Gasteiger partial charge in [0, 0.05) is 12.0 Å². The fourth-order valence-electron chi connectivity index (χ4n) is 4.57. The number of thiophene rings is 1. The lowest BCUT2D eigenvalue weighted by Gasteiger charge is -2.29. The molecule has 3 aromatic heterocycles. The van der Waals surface area contributed by atoms with Crippen molar-refractivity contribution in [1.29, 1.82) is 0 Å². The van der Waals surface area contributed by atoms with E-state index in [9.17, 15) is 4.79 Å². The Morgan fingerprint density at radius 2 is 1.91 bits per heavy atom. The van der Waals surface area contributed by atoms with E-state index in [1.165, 1.54) is 30.6 Å². The molecule has 176 valence electrons. The van der Waals surface area contributed by atoms with Crippen LogP contribution in [0.2, 0.25) is 0 Å². The number of para-hydroxylation sites is 1. The average Bonchev–Trinajstić information content (AvgIpc) is 3.57. The molecule has 5 nitrogen and oxygen atoms in total. The number of halogens is 1. The van der Waals surface area contributed by atoms with Crippen molar-refractivity contribution < 1.29 is 26.5 Å². The van der Waals surface area contributed by atoms with Crippen molar-refractivity contribution in [3.8, 4) is 17.0 Å². The van der Waals surface area contributed by atoms with E-state index in [0.717, 1.165) is 40.4 Å². The van der Waals surface area contributed by atoms with Crippen molar-refractivity contribution in [2.45, 2.75) is 44.8 Å². The summed E-state index contributed by atoms with van der Waals surface area (Å²) in [6.07, 6.45) is 9.96. The molecule has 0 aliphatic heterocycles. The third-order valence-electron chi connectivity index (χ3n) is 6.26. The van der Waals surface area contributed by atoms with Gasteiger partial charge in [0.05, 0.1) is 16.1 Å². The Labute approximate surface area is 210 Å². The summed E-state index contributed by atoms with van der Waals surface area (Å²) >= 11 is 1.48. The van der Waals surface area contributed by atoms with Gasteiger partial charge in [-0.15, -0.1) is 11.3 Å². The molecule has 3 heterocycles. The third kappa shape index (κ3) is 5.75. The maximum Gasteiger partial charge on any atom is 0.237 e. The van der Waals surface area contributed by atoms with Crippen LogP contribution in [0.1, 0.15) is 53.6 Å². The second-order valence-corrected chi connectivity index (χ2v) is 9.57. The summed E-state index contributed by atoms with van der Waals surface area (Å²) < 4.78 is 8.40. The van der Waals surface area contributed by atoms with Crippen molar-refractivity contribution in [3.05, 3.63) is 89.0 Å². The Kier molecular flexibility index (Phi) is 8.14. The van der Waals surface area contributed by atoms with Gasteiger partial charge in [0.2, 0.25) is 12.3 Å². The first-order valence-corrected chi connectivity index (χ1v) is 12.5. The molecular formula is C27H28ClN3O2S. The van der Waals surface area contributed by atoms with Gasteiger partial charge in [-0.25, -0.2) is 0 Å². The monoisotopic (exact) mass is 493 g/mol. The number of pyridine rings is 1. The molecule has 0 saturated heterocycles. The van der Waals surface area contributed by atoms with Gasteiger partial charge in [-0.3, -0.25) is 9.89 Å². The number of benzene rings is 1. The quantitative estimate of drug-likeness (QED) is 0.303. The lowest BCUT2D eigenvalue weighted by Crippen LogP contribution is -3.00. The first-order valence-electron chi connectivity index (χ1n) is 11.6. The number of ketones is 1. The van der Waals surface area contributed by atoms with Crippen LogP contribution in [0, 0.1) is 5.92 Å². The van der Waals surface area contributed by atoms with Crippen molar-refractivity contribution in [3.63, 3.8) is 0 Å². The van der Waals surface area contributed by atoms with E-state index < -0.39 is 0 Å². The topological polar surface area (TPSA) is 58.9 Å². The van der Waals surface area contributed by atoms with Crippen LogP contribution in [0.3, 0.4) is 0 Å². The number of hydrogen-bond acceptors (Lipinski definition) is 4. The number of H-pyrrole nitrogens is 1. The summed E-state index contributed by atoms with van der Waals surface area (Å²) in [6.45, 7) is 0.317. The third-order valence-corrected chi connectivity index (χ3v) is 7.18. The molecule has 1 aromatic carbocycles. The number of nitrogens with one attached hydrogen (secondary N) is 1. The van der Waals surface area contributed by atoms with Crippen LogP contribution in [0.15, 0.2) is 78.4 Å². The van der Waals surface area contributed by atoms with Gasteiger partial charge < -0.3 is 17.1 Å². The number of rotatable bonds is 8. The summed E-state index contributed by atoms with van der Waals surface area (Å²) in [6, 6.07) is 19.9. The summed E-state index contributed by atoms with van der Waals surface area (Å²) in [4.78, 5) is 13.3. The van der Waals surface area contributed by atoms with Crippen LogP contribution < -0.4 is 21.7 Å². The minimum Gasteiger partial charge on any atom is -1.00 e. The maximum atomic E-state index is 12.5. The van der Waals surface area contributed by atoms with Crippen LogP contribution in [-0.2, 0) is 6.54 Å². The Bertz CT molecular complexity index is 1190. The van der Waals surface area contributed by atoms with Crippen LogP contribution in [0.25, 0.3) is 11.3 Å². The highest BCUT2D eigenvalue weighted by Gasteiger charge is 2.29. The number of Topliss-reactive ketones (excluding diaryl/α,β-unsaturated/α-hetero) is 1. The molecule has 0 amide bonds. The number of hydrogen-bond donors (Lipinski definition) is 1. The standard InChI is InChI=1S/C27H28N3O2S.ClH/c31-25(26-14-8-16-33-26)19-30-15-7-11-21(18-30)23-17-24(29-28-23)27(20-9-3-1-4-10-20)32-22-12-5-2-6-13-22;/h2,5-8,11-18,20,27H,1,3-4,9-10,19H2,(H,28,29);1H/q+1;/p-1. The molecule has 0 spiro atoms. The molecule has 1 atom stereocenters. The molecule has 1 N–H and O–H groups in total. The number of aromatic amines is 1. The van der Waals surface area contributed by atoms with Crippen molar-refractivity contribution in [1.82, 2.24) is 10.2 Å². The Balaban J connectivity index is 0.00000274. The molecule has 0 radical (unpaired) electrons. The zero-order valence-corrected chi connectivity index (χ0v) is 20.5. The summed E-state index contributed by atoms with van der Waals surface area (Å²) in [5.41, 5.74) is 2.86. The maximum absolute atomic E-state index is 12.5. The van der Waals surface area contributed by atoms with Crippen molar-refractivity contribution in [2.24, 2.45) is 5.92 Å². The Hall–Kier alpha value is -2.96. The Morgan fingerprint density at radius 1 is 1.09 bits per heavy atom. The zero-order chi connectivity index (χ0) is 22.5. The number of carbonyl (C=O) groups excluding carboxylic acids is 1. The van der Waals surface area contributed by atoms with E-state index in [1.54, 1.807) is 0 Å². The van der Waals surface area contributed by atoms with Gasteiger partial charge in [-0.05, 0) is 48.6 Å². The number of carbonyl (C=O) groups is 1. The van der Waals surface area contributed by atoms with Gasteiger partial charge in [0.1, 0.15) is 17.5 Å². The largest absolute Gasteiger partial charge is 1.00 e. The molecule has 7 heteroatoms. The van der Waals surface area contributed by atoms with Gasteiger partial charge >= 0.3 is 0 Å². The molecular weight excluding hydrogens is 466 g/mol. The molecule has 0 bridgehead atoms.